The number of rotatable bonds is 4. The molecule has 84 valence electrons. The summed E-state index contributed by atoms with van der Waals surface area (Å²) in [5.74, 6) is 0.795. The normalized spacial score (nSPS) is 23.1. The minimum Gasteiger partial charge on any atom is -0.364 e. The van der Waals surface area contributed by atoms with Crippen LogP contribution in [0, 0.1) is 5.92 Å². The zero-order valence-electron chi connectivity index (χ0n) is 9.28. The maximum atomic E-state index is 4.78. The van der Waals surface area contributed by atoms with Gasteiger partial charge in [0.15, 0.2) is 0 Å². The Bertz CT molecular complexity index is 273. The van der Waals surface area contributed by atoms with Crippen molar-refractivity contribution in [2.45, 2.75) is 19.4 Å². The van der Waals surface area contributed by atoms with Crippen molar-refractivity contribution in [3.8, 4) is 0 Å². The number of nitrogens with one attached hydrogen (secondary N) is 1. The average molecular weight is 209 g/mol. The van der Waals surface area contributed by atoms with Crippen LogP contribution in [0.5, 0.6) is 0 Å². The van der Waals surface area contributed by atoms with Crippen molar-refractivity contribution in [3.05, 3.63) is 18.0 Å². The quantitative estimate of drug-likeness (QED) is 0.806. The second kappa shape index (κ2) is 5.28. The van der Waals surface area contributed by atoms with Gasteiger partial charge in [-0.1, -0.05) is 5.16 Å². The van der Waals surface area contributed by atoms with E-state index in [1.807, 2.05) is 0 Å². The molecule has 1 aliphatic rings. The van der Waals surface area contributed by atoms with Gasteiger partial charge in [0.1, 0.15) is 6.26 Å². The number of nitrogens with zero attached hydrogens (tertiary/aromatic N) is 2. The Morgan fingerprint density at radius 2 is 2.60 bits per heavy atom. The lowest BCUT2D eigenvalue weighted by Crippen LogP contribution is -2.37. The summed E-state index contributed by atoms with van der Waals surface area (Å²) in [7, 11) is 2.20. The molecule has 15 heavy (non-hydrogen) atoms. The third-order valence-electron chi connectivity index (χ3n) is 2.97. The Hall–Kier alpha value is -0.870. The summed E-state index contributed by atoms with van der Waals surface area (Å²) in [6, 6.07) is 0. The smallest absolute Gasteiger partial charge is 0.128 e. The van der Waals surface area contributed by atoms with Crippen LogP contribution in [0.4, 0.5) is 0 Å². The van der Waals surface area contributed by atoms with Crippen molar-refractivity contribution in [3.63, 3.8) is 0 Å². The predicted molar refractivity (Wildman–Crippen MR) is 58.4 cm³/mol. The fraction of sp³-hybridized carbons (Fsp3) is 0.727. The molecule has 2 heterocycles. The molecule has 0 radical (unpaired) electrons. The van der Waals surface area contributed by atoms with E-state index < -0.39 is 0 Å². The molecule has 4 heteroatoms. The highest BCUT2D eigenvalue weighted by molar-refractivity contribution is 4.99. The van der Waals surface area contributed by atoms with Crippen molar-refractivity contribution in [1.82, 2.24) is 15.4 Å². The van der Waals surface area contributed by atoms with Gasteiger partial charge in [-0.2, -0.15) is 0 Å². The topological polar surface area (TPSA) is 41.3 Å². The monoisotopic (exact) mass is 209 g/mol. The molecule has 0 saturated carbocycles. The van der Waals surface area contributed by atoms with Crippen LogP contribution in [0.3, 0.4) is 0 Å². The first kappa shape index (κ1) is 10.6. The molecule has 1 aromatic heterocycles. The summed E-state index contributed by atoms with van der Waals surface area (Å²) in [5, 5.41) is 7.13. The first-order chi connectivity index (χ1) is 7.34. The van der Waals surface area contributed by atoms with Crippen LogP contribution in [-0.4, -0.2) is 36.7 Å². The molecule has 0 bridgehead atoms. The summed E-state index contributed by atoms with van der Waals surface area (Å²) < 4.78 is 4.78. The van der Waals surface area contributed by atoms with Gasteiger partial charge < -0.3 is 14.7 Å². The minimum atomic E-state index is 0.795. The van der Waals surface area contributed by atoms with Gasteiger partial charge in [0, 0.05) is 18.7 Å². The minimum absolute atomic E-state index is 0.795. The predicted octanol–water partition coefficient (Wildman–Crippen LogP) is 1.11. The van der Waals surface area contributed by atoms with Crippen LogP contribution in [0.15, 0.2) is 17.0 Å². The van der Waals surface area contributed by atoms with Gasteiger partial charge >= 0.3 is 0 Å². The molecule has 1 unspecified atom stereocenters. The van der Waals surface area contributed by atoms with E-state index in [9.17, 15) is 0 Å². The van der Waals surface area contributed by atoms with Gasteiger partial charge in [-0.25, -0.2) is 0 Å². The van der Waals surface area contributed by atoms with Crippen LogP contribution in [-0.2, 0) is 6.54 Å². The average Bonchev–Trinajstić information content (AvgIpc) is 2.71. The van der Waals surface area contributed by atoms with E-state index in [0.29, 0.717) is 0 Å². The van der Waals surface area contributed by atoms with Gasteiger partial charge in [0.2, 0.25) is 0 Å². The van der Waals surface area contributed by atoms with Crippen LogP contribution in [0.2, 0.25) is 0 Å². The van der Waals surface area contributed by atoms with Crippen molar-refractivity contribution < 1.29 is 4.52 Å². The van der Waals surface area contributed by atoms with Gasteiger partial charge in [0.25, 0.3) is 0 Å². The molecule has 1 aromatic rings. The van der Waals surface area contributed by atoms with Crippen LogP contribution in [0.25, 0.3) is 0 Å². The molecular formula is C11H19N3O. The fourth-order valence-corrected chi connectivity index (χ4v) is 2.17. The first-order valence-electron chi connectivity index (χ1n) is 5.62. The molecule has 4 nitrogen and oxygen atoms in total. The Kier molecular flexibility index (Phi) is 3.75. The van der Waals surface area contributed by atoms with Gasteiger partial charge in [-0.15, -0.1) is 0 Å². The van der Waals surface area contributed by atoms with Crippen molar-refractivity contribution in [1.29, 1.82) is 0 Å². The van der Waals surface area contributed by atoms with Crippen molar-refractivity contribution in [2.75, 3.05) is 26.7 Å². The number of piperidine rings is 1. The van der Waals surface area contributed by atoms with E-state index in [1.54, 1.807) is 12.5 Å². The zero-order valence-corrected chi connectivity index (χ0v) is 9.28. The van der Waals surface area contributed by atoms with Crippen molar-refractivity contribution >= 4 is 0 Å². The maximum absolute atomic E-state index is 4.78. The molecule has 1 atom stereocenters. The molecule has 1 saturated heterocycles. The lowest BCUT2D eigenvalue weighted by molar-refractivity contribution is 0.206. The Labute approximate surface area is 90.6 Å². The van der Waals surface area contributed by atoms with E-state index in [0.717, 1.165) is 24.6 Å². The number of aromatic nitrogens is 1. The van der Waals surface area contributed by atoms with E-state index in [-0.39, 0.29) is 0 Å². The Morgan fingerprint density at radius 1 is 1.67 bits per heavy atom. The number of hydrogen-bond donors (Lipinski definition) is 1. The van der Waals surface area contributed by atoms with Gasteiger partial charge in [0.05, 0.1) is 6.20 Å². The number of hydrogen-bond acceptors (Lipinski definition) is 4. The van der Waals surface area contributed by atoms with E-state index >= 15 is 0 Å². The van der Waals surface area contributed by atoms with Crippen LogP contribution in [0.1, 0.15) is 18.4 Å². The molecule has 1 N–H and O–H groups in total. The highest BCUT2D eigenvalue weighted by Gasteiger charge is 2.16. The highest BCUT2D eigenvalue weighted by atomic mass is 16.5. The molecule has 0 aliphatic carbocycles. The van der Waals surface area contributed by atoms with E-state index in [1.165, 1.54) is 25.9 Å². The SMILES string of the molecule is CN1CCCC(CNCc2cnoc2)C1. The maximum Gasteiger partial charge on any atom is 0.128 e. The molecule has 0 amide bonds. The summed E-state index contributed by atoms with van der Waals surface area (Å²) >= 11 is 0. The standard InChI is InChI=1S/C11H19N3O/c1-14-4-2-3-10(8-14)5-12-6-11-7-13-15-9-11/h7,9-10,12H,2-6,8H2,1H3. The second-order valence-electron chi connectivity index (χ2n) is 4.43. The van der Waals surface area contributed by atoms with Gasteiger partial charge in [-0.05, 0) is 38.9 Å². The molecule has 2 rings (SSSR count). The third kappa shape index (κ3) is 3.32. The molecule has 1 aliphatic heterocycles. The van der Waals surface area contributed by atoms with E-state index in [4.69, 9.17) is 4.52 Å². The molecular weight excluding hydrogens is 190 g/mol. The highest BCUT2D eigenvalue weighted by Crippen LogP contribution is 2.13. The lowest BCUT2D eigenvalue weighted by Gasteiger charge is -2.29. The molecule has 0 aromatic carbocycles. The van der Waals surface area contributed by atoms with Crippen LogP contribution >= 0.6 is 0 Å². The largest absolute Gasteiger partial charge is 0.364 e. The fourth-order valence-electron chi connectivity index (χ4n) is 2.17. The summed E-state index contributed by atoms with van der Waals surface area (Å²) in [6.45, 7) is 4.43. The lowest BCUT2D eigenvalue weighted by atomic mass is 9.98. The Balaban J connectivity index is 1.65. The van der Waals surface area contributed by atoms with Gasteiger partial charge in [-0.3, -0.25) is 0 Å². The van der Waals surface area contributed by atoms with Crippen molar-refractivity contribution in [2.24, 2.45) is 5.92 Å². The van der Waals surface area contributed by atoms with E-state index in [2.05, 4.69) is 22.4 Å². The van der Waals surface area contributed by atoms with Crippen LogP contribution < -0.4 is 5.32 Å². The number of likely N-dealkylation sites (tertiary alicyclic amines) is 1. The summed E-state index contributed by atoms with van der Waals surface area (Å²) in [4.78, 5) is 2.41. The second-order valence-corrected chi connectivity index (χ2v) is 4.43. The Morgan fingerprint density at radius 3 is 3.33 bits per heavy atom. The third-order valence-corrected chi connectivity index (χ3v) is 2.97. The zero-order chi connectivity index (χ0) is 10.5. The molecule has 1 fully saturated rings. The summed E-state index contributed by atoms with van der Waals surface area (Å²) in [6.07, 6.45) is 6.14. The summed E-state index contributed by atoms with van der Waals surface area (Å²) in [5.41, 5.74) is 1.12. The first-order valence-corrected chi connectivity index (χ1v) is 5.62. The molecule has 0 spiro atoms.